The van der Waals surface area contributed by atoms with Crippen LogP contribution in [0.1, 0.15) is 48.5 Å². The van der Waals surface area contributed by atoms with Crippen LogP contribution in [0.5, 0.6) is 5.75 Å². The van der Waals surface area contributed by atoms with Crippen LogP contribution in [0.4, 0.5) is 11.6 Å². The van der Waals surface area contributed by atoms with Crippen molar-refractivity contribution in [3.63, 3.8) is 0 Å². The predicted octanol–water partition coefficient (Wildman–Crippen LogP) is 3.60. The number of rotatable bonds is 5. The molecule has 0 radical (unpaired) electrons. The second-order valence-electron chi connectivity index (χ2n) is 9.25. The van der Waals surface area contributed by atoms with Crippen molar-refractivity contribution < 1.29 is 9.84 Å². The Bertz CT molecular complexity index is 1120. The quantitative estimate of drug-likeness (QED) is 0.632. The molecule has 8 heteroatoms. The van der Waals surface area contributed by atoms with Gasteiger partial charge in [0.15, 0.2) is 5.65 Å². The molecule has 5 rings (SSSR count). The number of anilines is 2. The number of hydrogen-bond donors (Lipinski definition) is 2. The van der Waals surface area contributed by atoms with Gasteiger partial charge in [0.1, 0.15) is 5.75 Å². The summed E-state index contributed by atoms with van der Waals surface area (Å²) >= 11 is 0. The number of fused-ring (bicyclic) bond motifs is 2. The minimum Gasteiger partial charge on any atom is -0.495 e. The van der Waals surface area contributed by atoms with E-state index in [2.05, 4.69) is 39.1 Å². The van der Waals surface area contributed by atoms with Gasteiger partial charge in [-0.15, -0.1) is 0 Å². The molecule has 170 valence electrons. The van der Waals surface area contributed by atoms with Crippen molar-refractivity contribution in [2.24, 2.45) is 5.92 Å². The molecule has 0 unspecified atom stereocenters. The van der Waals surface area contributed by atoms with E-state index in [0.29, 0.717) is 17.9 Å². The van der Waals surface area contributed by atoms with Crippen LogP contribution in [0.25, 0.3) is 11.0 Å². The van der Waals surface area contributed by atoms with Crippen LogP contribution < -0.4 is 10.1 Å². The Balaban J connectivity index is 1.46. The van der Waals surface area contributed by atoms with Crippen LogP contribution in [0, 0.1) is 12.8 Å². The first-order valence-corrected chi connectivity index (χ1v) is 11.5. The summed E-state index contributed by atoms with van der Waals surface area (Å²) in [4.78, 5) is 11.8. The number of nitrogens with zero attached hydrogens (tertiary/aromatic N) is 5. The molecule has 8 nitrogen and oxygen atoms in total. The first kappa shape index (κ1) is 21.2. The number of aliphatic hydroxyl groups is 1. The number of likely N-dealkylation sites (N-methyl/N-ethyl adjacent to an activating group) is 1. The minimum atomic E-state index is 0.278. The van der Waals surface area contributed by atoms with Crippen molar-refractivity contribution in [1.29, 1.82) is 0 Å². The van der Waals surface area contributed by atoms with Crippen molar-refractivity contribution in [3.8, 4) is 5.75 Å². The van der Waals surface area contributed by atoms with Crippen LogP contribution >= 0.6 is 0 Å². The van der Waals surface area contributed by atoms with E-state index in [4.69, 9.17) is 14.8 Å². The minimum absolute atomic E-state index is 0.278. The van der Waals surface area contributed by atoms with E-state index in [1.807, 2.05) is 13.1 Å². The average Bonchev–Trinajstić information content (AvgIpc) is 3.14. The van der Waals surface area contributed by atoms with E-state index in [-0.39, 0.29) is 6.61 Å². The van der Waals surface area contributed by atoms with Gasteiger partial charge in [-0.1, -0.05) is 0 Å². The third kappa shape index (κ3) is 3.93. The van der Waals surface area contributed by atoms with Gasteiger partial charge in [-0.05, 0) is 75.3 Å². The molecule has 1 aliphatic carbocycles. The molecule has 0 amide bonds. The second kappa shape index (κ2) is 8.67. The van der Waals surface area contributed by atoms with E-state index < -0.39 is 0 Å². The maximum atomic E-state index is 9.47. The summed E-state index contributed by atoms with van der Waals surface area (Å²) in [5.74, 6) is 1.77. The summed E-state index contributed by atoms with van der Waals surface area (Å²) in [6, 6.07) is 4.61. The number of aryl methyl sites for hydroxylation is 1. The molecular formula is C24H32N6O2. The normalized spacial score (nSPS) is 21.5. The first-order chi connectivity index (χ1) is 15.6. The van der Waals surface area contributed by atoms with Crippen LogP contribution in [-0.2, 0) is 13.0 Å². The van der Waals surface area contributed by atoms with Crippen molar-refractivity contribution >= 4 is 22.7 Å². The summed E-state index contributed by atoms with van der Waals surface area (Å²) in [7, 11) is 3.85. The van der Waals surface area contributed by atoms with Crippen molar-refractivity contribution in [2.75, 3.05) is 32.6 Å². The Labute approximate surface area is 188 Å². The van der Waals surface area contributed by atoms with E-state index in [1.54, 1.807) is 7.11 Å². The number of hydrogen-bond acceptors (Lipinski definition) is 7. The SMILES string of the molecule is COc1cc2c(cc1Nc1ncc3c(C)nn([C@H]4CC[C@H](CO)CC4)c3n1)CN(C)CC2. The number of methoxy groups -OCH3 is 1. The molecule has 0 atom stereocenters. The number of nitrogens with one attached hydrogen (secondary N) is 1. The molecule has 3 aromatic rings. The lowest BCUT2D eigenvalue weighted by Gasteiger charge is -2.27. The Morgan fingerprint density at radius 3 is 2.75 bits per heavy atom. The Kier molecular flexibility index (Phi) is 5.73. The highest BCUT2D eigenvalue weighted by atomic mass is 16.5. The molecule has 0 spiro atoms. The maximum Gasteiger partial charge on any atom is 0.229 e. The largest absolute Gasteiger partial charge is 0.495 e. The summed E-state index contributed by atoms with van der Waals surface area (Å²) in [5.41, 5.74) is 5.35. The number of aromatic nitrogens is 4. The predicted molar refractivity (Wildman–Crippen MR) is 124 cm³/mol. The molecule has 1 saturated carbocycles. The van der Waals surface area contributed by atoms with Crippen LogP contribution in [0.3, 0.4) is 0 Å². The fourth-order valence-corrected chi connectivity index (χ4v) is 5.07. The lowest BCUT2D eigenvalue weighted by molar-refractivity contribution is 0.166. The lowest BCUT2D eigenvalue weighted by Crippen LogP contribution is -2.26. The molecule has 3 heterocycles. The molecular weight excluding hydrogens is 404 g/mol. The summed E-state index contributed by atoms with van der Waals surface area (Å²) in [6.07, 6.45) is 6.97. The van der Waals surface area contributed by atoms with Gasteiger partial charge >= 0.3 is 0 Å². The number of ether oxygens (including phenoxy) is 1. The molecule has 2 N–H and O–H groups in total. The lowest BCUT2D eigenvalue weighted by atomic mass is 9.87. The van der Waals surface area contributed by atoms with Gasteiger partial charge < -0.3 is 20.1 Å². The highest BCUT2D eigenvalue weighted by Gasteiger charge is 2.25. The smallest absolute Gasteiger partial charge is 0.229 e. The topological polar surface area (TPSA) is 88.3 Å². The van der Waals surface area contributed by atoms with E-state index in [0.717, 1.165) is 73.4 Å². The molecule has 0 saturated heterocycles. The molecule has 1 fully saturated rings. The first-order valence-electron chi connectivity index (χ1n) is 11.5. The van der Waals surface area contributed by atoms with Gasteiger partial charge in [0.05, 0.1) is 29.9 Å². The maximum absolute atomic E-state index is 9.47. The number of benzene rings is 1. The average molecular weight is 437 g/mol. The summed E-state index contributed by atoms with van der Waals surface area (Å²) < 4.78 is 7.75. The van der Waals surface area contributed by atoms with Gasteiger partial charge in [0, 0.05) is 25.9 Å². The second-order valence-corrected chi connectivity index (χ2v) is 9.25. The van der Waals surface area contributed by atoms with Crippen LogP contribution in [0.15, 0.2) is 18.3 Å². The fraction of sp³-hybridized carbons (Fsp3) is 0.542. The molecule has 0 bridgehead atoms. The summed E-state index contributed by atoms with van der Waals surface area (Å²) in [5, 5.41) is 18.7. The zero-order valence-electron chi connectivity index (χ0n) is 19.1. The standard InChI is InChI=1S/C24H32N6O2/c1-15-20-12-25-24(27-23(20)30(28-15)19-6-4-16(14-31)5-7-19)26-21-10-18-13-29(2)9-8-17(18)11-22(21)32-3/h10-12,16,19,31H,4-9,13-14H2,1-3H3,(H,25,26,27)/t16-,19-. The third-order valence-electron chi connectivity index (χ3n) is 7.02. The van der Waals surface area contributed by atoms with E-state index >= 15 is 0 Å². The van der Waals surface area contributed by atoms with Crippen molar-refractivity contribution in [2.45, 2.75) is 51.6 Å². The Morgan fingerprint density at radius 2 is 2.00 bits per heavy atom. The number of aliphatic hydroxyl groups excluding tert-OH is 1. The van der Waals surface area contributed by atoms with Gasteiger partial charge in [0.2, 0.25) is 5.95 Å². The molecule has 1 aromatic carbocycles. The summed E-state index contributed by atoms with van der Waals surface area (Å²) in [6.45, 7) is 4.28. The Morgan fingerprint density at radius 1 is 1.19 bits per heavy atom. The van der Waals surface area contributed by atoms with Crippen LogP contribution in [0.2, 0.25) is 0 Å². The molecule has 2 aliphatic rings. The molecule has 1 aliphatic heterocycles. The van der Waals surface area contributed by atoms with Gasteiger partial charge in [-0.3, -0.25) is 0 Å². The monoisotopic (exact) mass is 436 g/mol. The zero-order valence-corrected chi connectivity index (χ0v) is 19.1. The third-order valence-corrected chi connectivity index (χ3v) is 7.02. The van der Waals surface area contributed by atoms with Crippen LogP contribution in [-0.4, -0.2) is 57.1 Å². The van der Waals surface area contributed by atoms with E-state index in [9.17, 15) is 5.11 Å². The Hall–Kier alpha value is -2.71. The van der Waals surface area contributed by atoms with Crippen molar-refractivity contribution in [1.82, 2.24) is 24.6 Å². The molecule has 2 aromatic heterocycles. The molecule has 32 heavy (non-hydrogen) atoms. The van der Waals surface area contributed by atoms with Gasteiger partial charge in [-0.25, -0.2) is 9.67 Å². The van der Waals surface area contributed by atoms with Gasteiger partial charge in [0.25, 0.3) is 0 Å². The van der Waals surface area contributed by atoms with Gasteiger partial charge in [-0.2, -0.15) is 10.1 Å². The highest BCUT2D eigenvalue weighted by molar-refractivity contribution is 5.79. The fourth-order valence-electron chi connectivity index (χ4n) is 5.07. The van der Waals surface area contributed by atoms with Crippen molar-refractivity contribution in [3.05, 3.63) is 35.2 Å². The highest BCUT2D eigenvalue weighted by Crippen LogP contribution is 2.35. The zero-order chi connectivity index (χ0) is 22.2. The van der Waals surface area contributed by atoms with E-state index in [1.165, 1.54) is 11.1 Å².